The molecular weight excluding hydrogens is 232 g/mol. The highest BCUT2D eigenvalue weighted by Gasteiger charge is 2.24. The summed E-state index contributed by atoms with van der Waals surface area (Å²) in [5.74, 6) is 2.06. The van der Waals surface area contributed by atoms with E-state index in [2.05, 4.69) is 29.2 Å². The Hall–Kier alpha value is -0.405. The fourth-order valence-corrected chi connectivity index (χ4v) is 2.02. The molecule has 1 fully saturated rings. The van der Waals surface area contributed by atoms with E-state index in [1.54, 1.807) is 0 Å². The monoisotopic (exact) mass is 256 g/mol. The maximum absolute atomic E-state index is 5.29. The van der Waals surface area contributed by atoms with Gasteiger partial charge in [0, 0.05) is 6.42 Å². The largest absolute Gasteiger partial charge is 0.346 e. The summed E-state index contributed by atoms with van der Waals surface area (Å²) in [7, 11) is 2.14. The summed E-state index contributed by atoms with van der Waals surface area (Å²) < 4.78 is 5.29. The molecule has 1 aliphatic heterocycles. The fourth-order valence-electron chi connectivity index (χ4n) is 2.02. The van der Waals surface area contributed by atoms with Gasteiger partial charge in [0.2, 0.25) is 13.3 Å². The van der Waals surface area contributed by atoms with Gasteiger partial charge in [-0.3, -0.25) is 0 Å². The Balaban J connectivity index is 0.00000128. The van der Waals surface area contributed by atoms with Crippen LogP contribution in [0.2, 0.25) is 6.82 Å². The predicted molar refractivity (Wildman–Crippen MR) is 76.7 cm³/mol. The van der Waals surface area contributed by atoms with Crippen molar-refractivity contribution in [3.05, 3.63) is 11.7 Å². The molecule has 1 aromatic rings. The Bertz CT molecular complexity index is 321. The Labute approximate surface area is 108 Å². The Kier molecular flexibility index (Phi) is 7.65. The average molecular weight is 256 g/mol. The van der Waals surface area contributed by atoms with Gasteiger partial charge in [0.05, 0.1) is 5.92 Å². The number of piperidine rings is 1. The van der Waals surface area contributed by atoms with Crippen molar-refractivity contribution in [3.8, 4) is 0 Å². The lowest BCUT2D eigenvalue weighted by Gasteiger charge is -2.29. The van der Waals surface area contributed by atoms with Crippen LogP contribution in [0.25, 0.3) is 0 Å². The summed E-state index contributed by atoms with van der Waals surface area (Å²) in [6.07, 6.45) is 3.22. The molecule has 1 aromatic heterocycles. The molecule has 6 heteroatoms. The van der Waals surface area contributed by atoms with Crippen molar-refractivity contribution in [1.29, 1.82) is 0 Å². The minimum absolute atomic E-state index is 0. The predicted octanol–water partition coefficient (Wildman–Crippen LogP) is 2.17. The van der Waals surface area contributed by atoms with E-state index in [4.69, 9.17) is 4.52 Å². The number of rotatable bonds is 3. The zero-order chi connectivity index (χ0) is 10.7. The van der Waals surface area contributed by atoms with E-state index in [1.165, 1.54) is 6.42 Å². The van der Waals surface area contributed by atoms with Crippen LogP contribution in [0.3, 0.4) is 0 Å². The van der Waals surface area contributed by atoms with E-state index in [1.807, 2.05) is 6.92 Å². The number of nitrogens with zero attached hydrogens (tertiary/aromatic N) is 3. The first kappa shape index (κ1) is 16.6. The molecule has 0 bridgehead atoms. The van der Waals surface area contributed by atoms with Crippen molar-refractivity contribution in [2.45, 2.75) is 46.4 Å². The number of aryl methyl sites for hydroxylation is 1. The van der Waals surface area contributed by atoms with E-state index in [0.717, 1.165) is 37.6 Å². The highest BCUT2D eigenvalue weighted by molar-refractivity contribution is 6.92. The average Bonchev–Trinajstić information content (AvgIpc) is 2.78. The van der Waals surface area contributed by atoms with Crippen LogP contribution in [-0.2, 0) is 6.42 Å². The molecule has 0 N–H and O–H groups in total. The third-order valence-electron chi connectivity index (χ3n) is 2.97. The summed E-state index contributed by atoms with van der Waals surface area (Å²) in [4.78, 5) is 6.73. The Morgan fingerprint density at radius 2 is 2.29 bits per heavy atom. The molecule has 17 heavy (non-hydrogen) atoms. The summed E-state index contributed by atoms with van der Waals surface area (Å²) in [5, 5.41) is 3.95. The van der Waals surface area contributed by atoms with Crippen LogP contribution in [0.15, 0.2) is 4.52 Å². The summed E-state index contributed by atoms with van der Waals surface area (Å²) in [5.41, 5.74) is 0. The van der Waals surface area contributed by atoms with Gasteiger partial charge in [0.15, 0.2) is 5.82 Å². The molecule has 4 nitrogen and oxygen atoms in total. The highest BCUT2D eigenvalue weighted by atomic mass is 31.0. The van der Waals surface area contributed by atoms with Crippen LogP contribution in [0.5, 0.6) is 0 Å². The number of hydrogen-bond acceptors (Lipinski definition) is 4. The standard InChI is InChI=1S/C10H17BN3O.CH4.H3P/c1-3-9-12-10(15-13-9)8-5-4-6-14(7-8)11-2;;/h8H,3-7H2,1-2H3;1H4;1H3. The van der Waals surface area contributed by atoms with E-state index < -0.39 is 0 Å². The van der Waals surface area contributed by atoms with E-state index in [-0.39, 0.29) is 17.3 Å². The molecule has 2 unspecified atom stereocenters. The van der Waals surface area contributed by atoms with Gasteiger partial charge in [0.1, 0.15) is 0 Å². The van der Waals surface area contributed by atoms with Crippen molar-refractivity contribution in [1.82, 2.24) is 15.0 Å². The second-order valence-electron chi connectivity index (χ2n) is 3.99. The summed E-state index contributed by atoms with van der Waals surface area (Å²) in [6.45, 7) is 6.29. The Morgan fingerprint density at radius 1 is 1.53 bits per heavy atom. The van der Waals surface area contributed by atoms with Crippen LogP contribution < -0.4 is 0 Å². The van der Waals surface area contributed by atoms with Crippen LogP contribution in [0.1, 0.15) is 44.8 Å². The van der Waals surface area contributed by atoms with Gasteiger partial charge in [-0.2, -0.15) is 14.9 Å². The van der Waals surface area contributed by atoms with Gasteiger partial charge >= 0.3 is 0 Å². The maximum Gasteiger partial charge on any atom is 0.231 e. The first-order valence-electron chi connectivity index (χ1n) is 5.69. The van der Waals surface area contributed by atoms with Gasteiger partial charge in [-0.15, -0.1) is 0 Å². The molecule has 0 aliphatic carbocycles. The zero-order valence-corrected chi connectivity index (χ0v) is 11.6. The summed E-state index contributed by atoms with van der Waals surface area (Å²) in [6, 6.07) is 0. The van der Waals surface area contributed by atoms with Crippen LogP contribution in [-0.4, -0.2) is 35.5 Å². The van der Waals surface area contributed by atoms with Gasteiger partial charge in [-0.05, 0) is 25.9 Å². The van der Waals surface area contributed by atoms with Gasteiger partial charge in [0.25, 0.3) is 0 Å². The van der Waals surface area contributed by atoms with E-state index >= 15 is 0 Å². The van der Waals surface area contributed by atoms with Crippen molar-refractivity contribution >= 4 is 17.3 Å². The third-order valence-corrected chi connectivity index (χ3v) is 2.97. The van der Waals surface area contributed by atoms with Crippen molar-refractivity contribution in [2.24, 2.45) is 0 Å². The van der Waals surface area contributed by atoms with E-state index in [0.29, 0.717) is 5.92 Å². The normalized spacial score (nSPS) is 20.2. The minimum atomic E-state index is 0. The minimum Gasteiger partial charge on any atom is -0.346 e. The first-order chi connectivity index (χ1) is 7.33. The van der Waals surface area contributed by atoms with Crippen molar-refractivity contribution in [3.63, 3.8) is 0 Å². The van der Waals surface area contributed by atoms with E-state index in [9.17, 15) is 0 Å². The maximum atomic E-state index is 5.29. The quantitative estimate of drug-likeness (QED) is 0.614. The van der Waals surface area contributed by atoms with Crippen molar-refractivity contribution in [2.75, 3.05) is 13.1 Å². The second-order valence-corrected chi connectivity index (χ2v) is 3.99. The molecular formula is C11H24BN3OP. The molecule has 97 valence electrons. The Morgan fingerprint density at radius 3 is 2.88 bits per heavy atom. The smallest absolute Gasteiger partial charge is 0.231 e. The molecule has 2 atom stereocenters. The number of aromatic nitrogens is 2. The highest BCUT2D eigenvalue weighted by Crippen LogP contribution is 2.25. The molecule has 0 saturated carbocycles. The molecule has 2 rings (SSSR count). The molecule has 0 aromatic carbocycles. The van der Waals surface area contributed by atoms with Crippen molar-refractivity contribution < 1.29 is 4.52 Å². The van der Waals surface area contributed by atoms with Crippen LogP contribution in [0.4, 0.5) is 0 Å². The molecule has 0 spiro atoms. The van der Waals surface area contributed by atoms with Gasteiger partial charge in [-0.25, -0.2) is 0 Å². The lowest BCUT2D eigenvalue weighted by atomic mass is 9.88. The fraction of sp³-hybridized carbons (Fsp3) is 0.818. The summed E-state index contributed by atoms with van der Waals surface area (Å²) >= 11 is 0. The molecule has 2 heterocycles. The molecule has 1 radical (unpaired) electrons. The molecule has 0 amide bonds. The molecule has 1 aliphatic rings. The van der Waals surface area contributed by atoms with Crippen LogP contribution >= 0.6 is 9.90 Å². The third kappa shape index (κ3) is 4.08. The topological polar surface area (TPSA) is 42.2 Å². The lowest BCUT2D eigenvalue weighted by molar-refractivity contribution is 0.268. The lowest BCUT2D eigenvalue weighted by Crippen LogP contribution is -2.35. The first-order valence-corrected chi connectivity index (χ1v) is 5.69. The van der Waals surface area contributed by atoms with Gasteiger partial charge in [-0.1, -0.05) is 26.3 Å². The van der Waals surface area contributed by atoms with Gasteiger partial charge < -0.3 is 9.33 Å². The SMILES string of the molecule is C.C[B]N1CCCC(c2nc(CC)no2)C1.P. The zero-order valence-electron chi connectivity index (χ0n) is 10.1. The molecule has 1 saturated heterocycles. The van der Waals surface area contributed by atoms with Crippen LogP contribution in [0, 0.1) is 0 Å². The number of hydrogen-bond donors (Lipinski definition) is 0. The second kappa shape index (κ2) is 7.83.